The number of amides is 1. The Labute approximate surface area is 145 Å². The highest BCUT2D eigenvalue weighted by Crippen LogP contribution is 2.34. The van der Waals surface area contributed by atoms with E-state index in [1.54, 1.807) is 24.2 Å². The molecule has 1 atom stereocenters. The Morgan fingerprint density at radius 1 is 1.17 bits per heavy atom. The van der Waals surface area contributed by atoms with E-state index in [0.29, 0.717) is 11.0 Å². The molecule has 0 spiro atoms. The van der Waals surface area contributed by atoms with E-state index < -0.39 is 0 Å². The lowest BCUT2D eigenvalue weighted by atomic mass is 10.1. The summed E-state index contributed by atoms with van der Waals surface area (Å²) in [5.41, 5.74) is 1.37. The molecule has 23 heavy (non-hydrogen) atoms. The molecule has 1 fully saturated rings. The van der Waals surface area contributed by atoms with E-state index in [4.69, 9.17) is 0 Å². The van der Waals surface area contributed by atoms with Crippen LogP contribution in [0.15, 0.2) is 59.8 Å². The predicted octanol–water partition coefficient (Wildman–Crippen LogP) is 3.88. The van der Waals surface area contributed by atoms with E-state index in [0.717, 1.165) is 30.2 Å². The van der Waals surface area contributed by atoms with Gasteiger partial charge in [-0.05, 0) is 24.1 Å². The first-order chi connectivity index (χ1) is 11.3. The number of hydrogen-bond donors (Lipinski definition) is 0. The highest BCUT2D eigenvalue weighted by molar-refractivity contribution is 8.00. The first-order valence-electron chi connectivity index (χ1n) is 7.80. The van der Waals surface area contributed by atoms with Crippen molar-refractivity contribution in [3.8, 4) is 0 Å². The molecule has 0 aliphatic carbocycles. The third-order valence-electron chi connectivity index (χ3n) is 3.88. The standard InChI is InChI=1S/C18H20N2OS2/c21-18(14-23-16-6-9-19-10-7-16)20-11-8-17(22-13-12-20)15-4-2-1-3-5-15/h1-7,9-10,17H,8,11-14H2/t17-/m0/s1. The van der Waals surface area contributed by atoms with E-state index in [1.165, 1.54) is 5.56 Å². The van der Waals surface area contributed by atoms with Gasteiger partial charge in [-0.2, -0.15) is 11.8 Å². The molecule has 0 radical (unpaired) electrons. The molecule has 1 aliphatic heterocycles. The maximum atomic E-state index is 12.4. The highest BCUT2D eigenvalue weighted by Gasteiger charge is 2.21. The highest BCUT2D eigenvalue weighted by atomic mass is 32.2. The van der Waals surface area contributed by atoms with Crippen molar-refractivity contribution in [1.82, 2.24) is 9.88 Å². The third kappa shape index (κ3) is 4.75. The average Bonchev–Trinajstić information content (AvgIpc) is 2.87. The number of pyridine rings is 1. The topological polar surface area (TPSA) is 33.2 Å². The number of carbonyl (C=O) groups is 1. The molecule has 0 bridgehead atoms. The van der Waals surface area contributed by atoms with E-state index in [-0.39, 0.29) is 5.91 Å². The summed E-state index contributed by atoms with van der Waals surface area (Å²) in [6.45, 7) is 1.70. The van der Waals surface area contributed by atoms with Gasteiger partial charge in [0.15, 0.2) is 0 Å². The van der Waals surface area contributed by atoms with Crippen LogP contribution in [0.1, 0.15) is 17.2 Å². The molecule has 120 valence electrons. The molecular formula is C18H20N2OS2. The van der Waals surface area contributed by atoms with Crippen molar-refractivity contribution in [1.29, 1.82) is 0 Å². The van der Waals surface area contributed by atoms with Gasteiger partial charge in [0.1, 0.15) is 0 Å². The third-order valence-corrected chi connectivity index (χ3v) is 6.20. The molecule has 1 aromatic heterocycles. The molecule has 1 saturated heterocycles. The zero-order chi connectivity index (χ0) is 15.9. The number of benzene rings is 1. The van der Waals surface area contributed by atoms with E-state index in [2.05, 4.69) is 35.3 Å². The zero-order valence-corrected chi connectivity index (χ0v) is 14.6. The first-order valence-corrected chi connectivity index (χ1v) is 9.83. The van der Waals surface area contributed by atoms with Gasteiger partial charge in [-0.1, -0.05) is 30.3 Å². The summed E-state index contributed by atoms with van der Waals surface area (Å²) in [6, 6.07) is 14.5. The SMILES string of the molecule is O=C(CSc1ccncc1)N1CCS[C@H](c2ccccc2)CC1. The molecule has 2 aromatic rings. The number of nitrogens with zero attached hydrogens (tertiary/aromatic N) is 2. The number of carbonyl (C=O) groups excluding carboxylic acids is 1. The van der Waals surface area contributed by atoms with Gasteiger partial charge >= 0.3 is 0 Å². The van der Waals surface area contributed by atoms with E-state index in [1.807, 2.05) is 28.8 Å². The van der Waals surface area contributed by atoms with Crippen molar-refractivity contribution in [3.63, 3.8) is 0 Å². The second kappa shape index (κ2) is 8.41. The molecule has 2 heterocycles. The second-order valence-electron chi connectivity index (χ2n) is 5.41. The molecule has 5 heteroatoms. The summed E-state index contributed by atoms with van der Waals surface area (Å²) >= 11 is 3.55. The van der Waals surface area contributed by atoms with Crippen LogP contribution in [0.3, 0.4) is 0 Å². The lowest BCUT2D eigenvalue weighted by molar-refractivity contribution is -0.128. The predicted molar refractivity (Wildman–Crippen MR) is 97.8 cm³/mol. The first kappa shape index (κ1) is 16.4. The lowest BCUT2D eigenvalue weighted by Gasteiger charge is -2.20. The summed E-state index contributed by atoms with van der Waals surface area (Å²) < 4.78 is 0. The van der Waals surface area contributed by atoms with Crippen LogP contribution in [0.25, 0.3) is 0 Å². The van der Waals surface area contributed by atoms with E-state index in [9.17, 15) is 4.79 Å². The van der Waals surface area contributed by atoms with Gasteiger partial charge in [0.05, 0.1) is 5.75 Å². The van der Waals surface area contributed by atoms with Crippen molar-refractivity contribution in [2.45, 2.75) is 16.6 Å². The Morgan fingerprint density at radius 3 is 2.74 bits per heavy atom. The van der Waals surface area contributed by atoms with Crippen LogP contribution in [0, 0.1) is 0 Å². The van der Waals surface area contributed by atoms with Gasteiger partial charge in [-0.3, -0.25) is 9.78 Å². The molecule has 3 nitrogen and oxygen atoms in total. The Balaban J connectivity index is 1.52. The van der Waals surface area contributed by atoms with Gasteiger partial charge in [0.2, 0.25) is 5.91 Å². The fourth-order valence-corrected chi connectivity index (χ4v) is 4.64. The Kier molecular flexibility index (Phi) is 6.00. The van der Waals surface area contributed by atoms with Gasteiger partial charge in [0, 0.05) is 41.4 Å². The number of aromatic nitrogens is 1. The van der Waals surface area contributed by atoms with Gasteiger partial charge in [-0.15, -0.1) is 11.8 Å². The van der Waals surface area contributed by atoms with Crippen LogP contribution in [-0.2, 0) is 4.79 Å². The minimum absolute atomic E-state index is 0.237. The Bertz CT molecular complexity index is 621. The van der Waals surface area contributed by atoms with Crippen LogP contribution in [0.5, 0.6) is 0 Å². The maximum Gasteiger partial charge on any atom is 0.232 e. The Morgan fingerprint density at radius 2 is 1.96 bits per heavy atom. The second-order valence-corrected chi connectivity index (χ2v) is 7.77. The van der Waals surface area contributed by atoms with Crippen molar-refractivity contribution in [2.75, 3.05) is 24.6 Å². The van der Waals surface area contributed by atoms with E-state index >= 15 is 0 Å². The van der Waals surface area contributed by atoms with Crippen molar-refractivity contribution >= 4 is 29.4 Å². The molecular weight excluding hydrogens is 324 g/mol. The number of rotatable bonds is 4. The molecule has 3 rings (SSSR count). The maximum absolute atomic E-state index is 12.4. The summed E-state index contributed by atoms with van der Waals surface area (Å²) in [6.07, 6.45) is 4.56. The normalized spacial score (nSPS) is 18.4. The van der Waals surface area contributed by atoms with Gasteiger partial charge < -0.3 is 4.90 Å². The smallest absolute Gasteiger partial charge is 0.232 e. The van der Waals surface area contributed by atoms with Gasteiger partial charge in [0.25, 0.3) is 0 Å². The fraction of sp³-hybridized carbons (Fsp3) is 0.333. The summed E-state index contributed by atoms with van der Waals surface area (Å²) in [5.74, 6) is 1.75. The summed E-state index contributed by atoms with van der Waals surface area (Å²) in [7, 11) is 0. The minimum Gasteiger partial charge on any atom is -0.341 e. The quantitative estimate of drug-likeness (QED) is 0.788. The lowest BCUT2D eigenvalue weighted by Crippen LogP contribution is -2.34. The summed E-state index contributed by atoms with van der Waals surface area (Å²) in [5, 5.41) is 0.502. The van der Waals surface area contributed by atoms with Crippen molar-refractivity contribution in [2.24, 2.45) is 0 Å². The molecule has 0 N–H and O–H groups in total. The molecule has 0 saturated carbocycles. The molecule has 1 aromatic carbocycles. The number of hydrogen-bond acceptors (Lipinski definition) is 4. The van der Waals surface area contributed by atoms with Crippen LogP contribution in [-0.4, -0.2) is 40.4 Å². The summed E-state index contributed by atoms with van der Waals surface area (Å²) in [4.78, 5) is 19.6. The van der Waals surface area contributed by atoms with Gasteiger partial charge in [-0.25, -0.2) is 0 Å². The molecule has 1 amide bonds. The molecule has 1 aliphatic rings. The largest absolute Gasteiger partial charge is 0.341 e. The van der Waals surface area contributed by atoms with Crippen LogP contribution in [0.4, 0.5) is 0 Å². The fourth-order valence-electron chi connectivity index (χ4n) is 2.62. The van der Waals surface area contributed by atoms with Crippen molar-refractivity contribution < 1.29 is 4.79 Å². The Hall–Kier alpha value is -1.46. The van der Waals surface area contributed by atoms with Crippen molar-refractivity contribution in [3.05, 3.63) is 60.4 Å². The zero-order valence-electron chi connectivity index (χ0n) is 12.9. The monoisotopic (exact) mass is 344 g/mol. The van der Waals surface area contributed by atoms with Crippen LogP contribution in [0.2, 0.25) is 0 Å². The number of thioether (sulfide) groups is 2. The molecule has 0 unspecified atom stereocenters. The van der Waals surface area contributed by atoms with Crippen LogP contribution < -0.4 is 0 Å². The van der Waals surface area contributed by atoms with Crippen LogP contribution >= 0.6 is 23.5 Å². The average molecular weight is 345 g/mol. The minimum atomic E-state index is 0.237.